The monoisotopic (exact) mass is 310 g/mol. The van der Waals surface area contributed by atoms with Gasteiger partial charge in [0.25, 0.3) is 0 Å². The Balaban J connectivity index is 2.15. The summed E-state index contributed by atoms with van der Waals surface area (Å²) in [6.07, 6.45) is -3.35. The van der Waals surface area contributed by atoms with Gasteiger partial charge in [-0.05, 0) is 30.7 Å². The van der Waals surface area contributed by atoms with Gasteiger partial charge in [0.15, 0.2) is 5.78 Å². The molecule has 1 aromatic rings. The molecule has 0 radical (unpaired) electrons. The minimum atomic E-state index is -4.39. The van der Waals surface area contributed by atoms with Crippen LogP contribution in [0.1, 0.15) is 24.2 Å². The molecule has 5 heteroatoms. The van der Waals surface area contributed by atoms with Gasteiger partial charge < -0.3 is 0 Å². The highest BCUT2D eigenvalue weighted by Gasteiger charge is 2.45. The van der Waals surface area contributed by atoms with E-state index in [1.165, 1.54) is 18.7 Å². The van der Waals surface area contributed by atoms with E-state index >= 15 is 0 Å². The van der Waals surface area contributed by atoms with Crippen molar-refractivity contribution in [1.29, 1.82) is 0 Å². The number of hydrogen-bond donors (Lipinski definition) is 0. The fourth-order valence-corrected chi connectivity index (χ4v) is 4.30. The van der Waals surface area contributed by atoms with E-state index in [0.717, 1.165) is 11.0 Å². The van der Waals surface area contributed by atoms with Gasteiger partial charge in [-0.1, -0.05) is 19.1 Å². The van der Waals surface area contributed by atoms with Crippen LogP contribution in [0, 0.1) is 5.92 Å². The summed E-state index contributed by atoms with van der Waals surface area (Å²) < 4.78 is 39.3. The van der Waals surface area contributed by atoms with Crippen molar-refractivity contribution in [3.63, 3.8) is 0 Å². The van der Waals surface area contributed by atoms with Crippen molar-refractivity contribution in [2.24, 2.45) is 5.92 Å². The summed E-state index contributed by atoms with van der Waals surface area (Å²) in [4.78, 5) is 13.4. The largest absolute Gasteiger partial charge is 0.413 e. The van der Waals surface area contributed by atoms with Gasteiger partial charge in [-0.25, -0.2) is 0 Å². The van der Waals surface area contributed by atoms with E-state index in [4.69, 9.17) is 0 Å². The summed E-state index contributed by atoms with van der Waals surface area (Å²) in [5.74, 6) is -1.07. The minimum absolute atomic E-state index is 0.154. The van der Waals surface area contributed by atoms with Crippen LogP contribution in [0.2, 0.25) is 0 Å². The molecule has 2 aliphatic rings. The lowest BCUT2D eigenvalue weighted by atomic mass is 9.93. The van der Waals surface area contributed by atoms with Gasteiger partial charge in [-0.3, -0.25) is 4.79 Å². The van der Waals surface area contributed by atoms with Crippen molar-refractivity contribution in [2.75, 3.05) is 0 Å². The van der Waals surface area contributed by atoms with Gasteiger partial charge in [0.05, 0.1) is 0 Å². The Hall–Kier alpha value is -1.49. The maximum atomic E-state index is 13.1. The second-order valence-corrected chi connectivity index (χ2v) is 6.66. The Morgan fingerprint density at radius 3 is 2.48 bits per heavy atom. The van der Waals surface area contributed by atoms with E-state index in [-0.39, 0.29) is 16.6 Å². The van der Waals surface area contributed by atoms with Gasteiger partial charge in [0.1, 0.15) is 0 Å². The molecule has 0 aromatic heterocycles. The van der Waals surface area contributed by atoms with Crippen LogP contribution in [0.25, 0.3) is 0 Å². The number of hydrogen-bond acceptors (Lipinski definition) is 2. The molecule has 0 spiro atoms. The molecule has 1 aliphatic carbocycles. The number of allylic oxidation sites excluding steroid dienone is 3. The number of ketones is 1. The van der Waals surface area contributed by atoms with Crippen LogP contribution in [-0.4, -0.2) is 17.2 Å². The van der Waals surface area contributed by atoms with E-state index in [1.807, 2.05) is 19.1 Å². The first kappa shape index (κ1) is 14.4. The summed E-state index contributed by atoms with van der Waals surface area (Å²) in [5.41, 5.74) is 0.687. The number of halogens is 3. The van der Waals surface area contributed by atoms with E-state index in [2.05, 4.69) is 0 Å². The normalized spacial score (nSPS) is 25.4. The highest BCUT2D eigenvalue weighted by Crippen LogP contribution is 2.48. The third-order valence-corrected chi connectivity index (χ3v) is 5.21. The molecule has 0 saturated heterocycles. The highest BCUT2D eigenvalue weighted by molar-refractivity contribution is 8.00. The Morgan fingerprint density at radius 2 is 1.81 bits per heavy atom. The smallest absolute Gasteiger partial charge is 0.289 e. The third-order valence-electron chi connectivity index (χ3n) is 3.99. The number of thioether (sulfide) groups is 1. The lowest BCUT2D eigenvalue weighted by Gasteiger charge is -2.21. The predicted octanol–water partition coefficient (Wildman–Crippen LogP) is 4.80. The number of carbonyl (C=O) groups is 1. The first-order chi connectivity index (χ1) is 9.80. The average molecular weight is 310 g/mol. The molecule has 0 saturated carbocycles. The minimum Gasteiger partial charge on any atom is -0.289 e. The van der Waals surface area contributed by atoms with Crippen molar-refractivity contribution in [3.05, 3.63) is 52.6 Å². The maximum absolute atomic E-state index is 13.1. The number of Topliss-reactive ketones (excluding diaryl/α,β-unsaturated/α-hetero) is 1. The molecule has 1 aliphatic heterocycles. The van der Waals surface area contributed by atoms with Crippen LogP contribution >= 0.6 is 11.8 Å². The summed E-state index contributed by atoms with van der Waals surface area (Å²) >= 11 is 1.45. The molecule has 1 aromatic carbocycles. The van der Waals surface area contributed by atoms with E-state index in [9.17, 15) is 18.0 Å². The van der Waals surface area contributed by atoms with Crippen molar-refractivity contribution in [2.45, 2.75) is 30.2 Å². The molecule has 21 heavy (non-hydrogen) atoms. The van der Waals surface area contributed by atoms with E-state index in [1.54, 1.807) is 12.1 Å². The fraction of sp³-hybridized carbons (Fsp3) is 0.312. The molecule has 3 rings (SSSR count). The summed E-state index contributed by atoms with van der Waals surface area (Å²) in [6, 6.07) is 7.09. The zero-order chi connectivity index (χ0) is 15.4. The highest BCUT2D eigenvalue weighted by atomic mass is 32.2. The molecule has 2 atom stereocenters. The Morgan fingerprint density at radius 1 is 1.14 bits per heavy atom. The van der Waals surface area contributed by atoms with Gasteiger partial charge in [-0.15, -0.1) is 11.8 Å². The summed E-state index contributed by atoms with van der Waals surface area (Å²) in [6.45, 7) is 3.39. The van der Waals surface area contributed by atoms with Crippen molar-refractivity contribution in [3.8, 4) is 0 Å². The van der Waals surface area contributed by atoms with Gasteiger partial charge in [-0.2, -0.15) is 13.2 Å². The maximum Gasteiger partial charge on any atom is 0.413 e. The topological polar surface area (TPSA) is 17.1 Å². The van der Waals surface area contributed by atoms with Gasteiger partial charge in [0.2, 0.25) is 0 Å². The van der Waals surface area contributed by atoms with Crippen molar-refractivity contribution < 1.29 is 18.0 Å². The van der Waals surface area contributed by atoms with Gasteiger partial charge in [0, 0.05) is 32.8 Å². The molecular formula is C16H13F3OS. The second-order valence-electron chi connectivity index (χ2n) is 5.27. The van der Waals surface area contributed by atoms with Crippen LogP contribution in [-0.2, 0) is 0 Å². The van der Waals surface area contributed by atoms with Crippen molar-refractivity contribution >= 4 is 17.5 Å². The Bertz CT molecular complexity index is 685. The lowest BCUT2D eigenvalue weighted by Crippen LogP contribution is -2.19. The zero-order valence-electron chi connectivity index (χ0n) is 11.5. The summed E-state index contributed by atoms with van der Waals surface area (Å²) in [5, 5.41) is -0.154. The number of alkyl halides is 3. The molecule has 0 bridgehead atoms. The Labute approximate surface area is 124 Å². The van der Waals surface area contributed by atoms with Crippen LogP contribution in [0.4, 0.5) is 13.2 Å². The number of fused-ring (bicyclic) bond motifs is 1. The second kappa shape index (κ2) is 4.77. The lowest BCUT2D eigenvalue weighted by molar-refractivity contribution is -0.0964. The average Bonchev–Trinajstić information content (AvgIpc) is 2.71. The number of carbonyl (C=O) groups excluding carboxylic acids is 1. The molecule has 1 nitrogen and oxygen atoms in total. The van der Waals surface area contributed by atoms with E-state index in [0.29, 0.717) is 11.1 Å². The molecule has 110 valence electrons. The number of rotatable bonds is 0. The molecule has 0 fully saturated rings. The standard InChI is InChI=1S/C16H13F3OS/c1-8-12(16(17,18)19)7-11-14(8)9(2)21-13-6-4-3-5-10(13)15(11)20/h3-9H,1-2H3. The zero-order valence-corrected chi connectivity index (χ0v) is 12.3. The Kier molecular flexibility index (Phi) is 3.28. The molecule has 0 amide bonds. The molecule has 1 heterocycles. The number of benzene rings is 1. The van der Waals surface area contributed by atoms with Crippen molar-refractivity contribution in [1.82, 2.24) is 0 Å². The van der Waals surface area contributed by atoms with Crippen LogP contribution < -0.4 is 0 Å². The quantitative estimate of drug-likeness (QED) is 0.685. The van der Waals surface area contributed by atoms with E-state index < -0.39 is 17.7 Å². The van der Waals surface area contributed by atoms with Crippen LogP contribution in [0.5, 0.6) is 0 Å². The van der Waals surface area contributed by atoms with Crippen LogP contribution in [0.15, 0.2) is 52.0 Å². The fourth-order valence-electron chi connectivity index (χ4n) is 3.02. The summed E-state index contributed by atoms with van der Waals surface area (Å²) in [7, 11) is 0. The molecule has 2 unspecified atom stereocenters. The van der Waals surface area contributed by atoms with Crippen LogP contribution in [0.3, 0.4) is 0 Å². The van der Waals surface area contributed by atoms with Gasteiger partial charge >= 0.3 is 6.18 Å². The predicted molar refractivity (Wildman–Crippen MR) is 76.4 cm³/mol. The first-order valence-corrected chi connectivity index (χ1v) is 7.52. The SMILES string of the molecule is CC1Sc2ccccc2C(=O)C2=C1C(C)C(C(F)(F)F)=C2. The molecule has 0 N–H and O–H groups in total. The molecular weight excluding hydrogens is 297 g/mol. The first-order valence-electron chi connectivity index (χ1n) is 6.64. The third kappa shape index (κ3) is 2.24.